The lowest BCUT2D eigenvalue weighted by atomic mass is 10.1. The van der Waals surface area contributed by atoms with E-state index in [1.54, 1.807) is 6.92 Å². The van der Waals surface area contributed by atoms with Gasteiger partial charge in [-0.15, -0.1) is 0 Å². The molecule has 2 atom stereocenters. The van der Waals surface area contributed by atoms with Crippen LogP contribution in [-0.4, -0.2) is 18.3 Å². The molecule has 0 radical (unpaired) electrons. The van der Waals surface area contributed by atoms with Crippen molar-refractivity contribution in [3.8, 4) is 0 Å². The van der Waals surface area contributed by atoms with Crippen LogP contribution in [0.3, 0.4) is 0 Å². The van der Waals surface area contributed by atoms with Gasteiger partial charge in [0.05, 0.1) is 0 Å². The third-order valence-electron chi connectivity index (χ3n) is 1.31. The van der Waals surface area contributed by atoms with Crippen molar-refractivity contribution < 1.29 is 13.2 Å². The van der Waals surface area contributed by atoms with Crippen molar-refractivity contribution in [2.45, 2.75) is 31.6 Å². The first-order valence-electron chi connectivity index (χ1n) is 2.97. The fourth-order valence-corrected chi connectivity index (χ4v) is 0.497. The molecule has 4 N–H and O–H groups in total. The second-order valence-corrected chi connectivity index (χ2v) is 2.14. The maximum absolute atomic E-state index is 11.7. The summed E-state index contributed by atoms with van der Waals surface area (Å²) in [5, 5.41) is 0. The molecule has 0 aliphatic rings. The Morgan fingerprint density at radius 1 is 1.30 bits per heavy atom. The number of alkyl halides is 3. The number of halogens is 3. The molecule has 0 saturated carbocycles. The summed E-state index contributed by atoms with van der Waals surface area (Å²) < 4.78 is 35.0. The van der Waals surface area contributed by atoms with Gasteiger partial charge in [-0.1, -0.05) is 6.92 Å². The highest BCUT2D eigenvalue weighted by molar-refractivity contribution is 4.80. The SMILES string of the molecule is CCC(N)C(N)C(F)(F)F. The van der Waals surface area contributed by atoms with E-state index >= 15 is 0 Å². The van der Waals surface area contributed by atoms with Crippen molar-refractivity contribution in [3.05, 3.63) is 0 Å². The van der Waals surface area contributed by atoms with Gasteiger partial charge in [0.1, 0.15) is 6.04 Å². The Morgan fingerprint density at radius 3 is 1.80 bits per heavy atom. The van der Waals surface area contributed by atoms with Gasteiger partial charge >= 0.3 is 6.18 Å². The number of hydrogen-bond acceptors (Lipinski definition) is 2. The van der Waals surface area contributed by atoms with Crippen LogP contribution >= 0.6 is 0 Å². The minimum absolute atomic E-state index is 0.237. The Kier molecular flexibility index (Phi) is 3.11. The lowest BCUT2D eigenvalue weighted by molar-refractivity contribution is -0.152. The molecule has 0 bridgehead atoms. The molecular formula is C5H11F3N2. The summed E-state index contributed by atoms with van der Waals surface area (Å²) in [5.74, 6) is 0. The minimum Gasteiger partial charge on any atom is -0.326 e. The molecule has 0 rings (SSSR count). The number of nitrogens with two attached hydrogens (primary N) is 2. The highest BCUT2D eigenvalue weighted by Crippen LogP contribution is 2.20. The lowest BCUT2D eigenvalue weighted by Crippen LogP contribution is -2.50. The van der Waals surface area contributed by atoms with Gasteiger partial charge in [-0.05, 0) is 6.42 Å². The van der Waals surface area contributed by atoms with Gasteiger partial charge < -0.3 is 11.5 Å². The van der Waals surface area contributed by atoms with Crippen LogP contribution in [0.4, 0.5) is 13.2 Å². The summed E-state index contributed by atoms with van der Waals surface area (Å²) >= 11 is 0. The zero-order chi connectivity index (χ0) is 8.36. The fraction of sp³-hybridized carbons (Fsp3) is 1.00. The fourth-order valence-electron chi connectivity index (χ4n) is 0.497. The predicted octanol–water partition coefficient (Wildman–Crippen LogP) is 0.613. The largest absolute Gasteiger partial charge is 0.405 e. The maximum atomic E-state index is 11.7. The van der Waals surface area contributed by atoms with Gasteiger partial charge in [-0.25, -0.2) is 0 Å². The van der Waals surface area contributed by atoms with E-state index in [0.717, 1.165) is 0 Å². The van der Waals surface area contributed by atoms with Crippen LogP contribution in [0.2, 0.25) is 0 Å². The Hall–Kier alpha value is -0.290. The van der Waals surface area contributed by atoms with E-state index in [1.165, 1.54) is 0 Å². The summed E-state index contributed by atoms with van der Waals surface area (Å²) in [7, 11) is 0. The third kappa shape index (κ3) is 2.53. The van der Waals surface area contributed by atoms with Crippen molar-refractivity contribution in [2.75, 3.05) is 0 Å². The number of rotatable bonds is 2. The van der Waals surface area contributed by atoms with E-state index in [9.17, 15) is 13.2 Å². The molecular weight excluding hydrogens is 145 g/mol. The molecule has 0 aromatic rings. The molecule has 0 aromatic heterocycles. The van der Waals surface area contributed by atoms with Crippen LogP contribution in [-0.2, 0) is 0 Å². The quantitative estimate of drug-likeness (QED) is 0.615. The standard InChI is InChI=1S/C5H11F3N2/c1-2-3(9)4(10)5(6,7)8/h3-4H,2,9-10H2,1H3. The first kappa shape index (κ1) is 9.71. The maximum Gasteiger partial charge on any atom is 0.405 e. The molecule has 2 nitrogen and oxygen atoms in total. The third-order valence-corrected chi connectivity index (χ3v) is 1.31. The van der Waals surface area contributed by atoms with Crippen LogP contribution in [0.25, 0.3) is 0 Å². The Bertz CT molecular complexity index is 102. The average molecular weight is 156 g/mol. The van der Waals surface area contributed by atoms with Crippen molar-refractivity contribution in [1.82, 2.24) is 0 Å². The average Bonchev–Trinajstić information content (AvgIpc) is 1.83. The van der Waals surface area contributed by atoms with Crippen molar-refractivity contribution in [1.29, 1.82) is 0 Å². The second kappa shape index (κ2) is 3.21. The van der Waals surface area contributed by atoms with Crippen LogP contribution in [0.5, 0.6) is 0 Å². The van der Waals surface area contributed by atoms with Gasteiger partial charge in [-0.2, -0.15) is 13.2 Å². The van der Waals surface area contributed by atoms with E-state index in [2.05, 4.69) is 0 Å². The van der Waals surface area contributed by atoms with Gasteiger partial charge in [0, 0.05) is 6.04 Å². The Labute approximate surface area is 57.4 Å². The molecule has 5 heteroatoms. The van der Waals surface area contributed by atoms with E-state index in [-0.39, 0.29) is 6.42 Å². The monoisotopic (exact) mass is 156 g/mol. The molecule has 0 amide bonds. The minimum atomic E-state index is -4.37. The van der Waals surface area contributed by atoms with Crippen molar-refractivity contribution in [3.63, 3.8) is 0 Å². The summed E-state index contributed by atoms with van der Waals surface area (Å²) in [5.41, 5.74) is 9.81. The smallest absolute Gasteiger partial charge is 0.326 e. The molecule has 2 unspecified atom stereocenters. The molecule has 62 valence electrons. The van der Waals surface area contributed by atoms with E-state index in [1.807, 2.05) is 0 Å². The topological polar surface area (TPSA) is 52.0 Å². The van der Waals surface area contributed by atoms with Crippen LogP contribution in [0.15, 0.2) is 0 Å². The highest BCUT2D eigenvalue weighted by atomic mass is 19.4. The Balaban J connectivity index is 3.94. The molecule has 0 heterocycles. The predicted molar refractivity (Wildman–Crippen MR) is 32.3 cm³/mol. The van der Waals surface area contributed by atoms with Gasteiger partial charge in [0.25, 0.3) is 0 Å². The Morgan fingerprint density at radius 2 is 1.70 bits per heavy atom. The molecule has 0 fully saturated rings. The van der Waals surface area contributed by atoms with Crippen LogP contribution in [0, 0.1) is 0 Å². The van der Waals surface area contributed by atoms with Gasteiger partial charge in [0.15, 0.2) is 0 Å². The summed E-state index contributed by atoms with van der Waals surface area (Å²) in [4.78, 5) is 0. The zero-order valence-corrected chi connectivity index (χ0v) is 5.65. The molecule has 0 aliphatic heterocycles. The van der Waals surface area contributed by atoms with Crippen molar-refractivity contribution in [2.24, 2.45) is 11.5 Å². The van der Waals surface area contributed by atoms with E-state index in [0.29, 0.717) is 0 Å². The van der Waals surface area contributed by atoms with Gasteiger partial charge in [0.2, 0.25) is 0 Å². The first-order chi connectivity index (χ1) is 4.39. The van der Waals surface area contributed by atoms with E-state index in [4.69, 9.17) is 11.5 Å². The molecule has 0 saturated heterocycles. The summed E-state index contributed by atoms with van der Waals surface area (Å²) in [6.45, 7) is 1.57. The second-order valence-electron chi connectivity index (χ2n) is 2.14. The normalized spacial score (nSPS) is 18.6. The zero-order valence-electron chi connectivity index (χ0n) is 5.65. The molecule has 0 aliphatic carbocycles. The highest BCUT2D eigenvalue weighted by Gasteiger charge is 2.39. The first-order valence-corrected chi connectivity index (χ1v) is 2.97. The molecule has 10 heavy (non-hydrogen) atoms. The number of hydrogen-bond donors (Lipinski definition) is 2. The summed E-state index contributed by atoms with van der Waals surface area (Å²) in [6.07, 6.45) is -4.13. The van der Waals surface area contributed by atoms with Crippen molar-refractivity contribution >= 4 is 0 Å². The lowest BCUT2D eigenvalue weighted by Gasteiger charge is -2.20. The van der Waals surface area contributed by atoms with Crippen LogP contribution < -0.4 is 11.5 Å². The van der Waals surface area contributed by atoms with E-state index < -0.39 is 18.3 Å². The summed E-state index contributed by atoms with van der Waals surface area (Å²) in [6, 6.07) is -2.88. The van der Waals surface area contributed by atoms with Crippen LogP contribution in [0.1, 0.15) is 13.3 Å². The molecule has 0 aromatic carbocycles. The molecule has 0 spiro atoms. The van der Waals surface area contributed by atoms with Gasteiger partial charge in [-0.3, -0.25) is 0 Å².